The fraction of sp³-hybridized carbons (Fsp3) is 0.353. The fourth-order valence-corrected chi connectivity index (χ4v) is 2.94. The highest BCUT2D eigenvalue weighted by molar-refractivity contribution is 6.09. The van der Waals surface area contributed by atoms with Crippen LogP contribution in [0.4, 0.5) is 0 Å². The summed E-state index contributed by atoms with van der Waals surface area (Å²) in [5, 5.41) is 9.90. The quantitative estimate of drug-likeness (QED) is 0.847. The second-order valence-electron chi connectivity index (χ2n) is 5.77. The monoisotopic (exact) mass is 254 g/mol. The van der Waals surface area contributed by atoms with Gasteiger partial charge in [-0.3, -0.25) is 4.79 Å². The molecule has 1 N–H and O–H groups in total. The number of rotatable bonds is 1. The third kappa shape index (κ3) is 1.79. The van der Waals surface area contributed by atoms with E-state index in [-0.39, 0.29) is 5.78 Å². The molecule has 0 aromatic carbocycles. The smallest absolute Gasteiger partial charge is 0.192 e. The molecule has 0 heterocycles. The van der Waals surface area contributed by atoms with Gasteiger partial charge < -0.3 is 5.11 Å². The van der Waals surface area contributed by atoms with Crippen LogP contribution in [0.1, 0.15) is 46.8 Å². The van der Waals surface area contributed by atoms with Crippen molar-refractivity contribution in [3.05, 3.63) is 46.5 Å². The summed E-state index contributed by atoms with van der Waals surface area (Å²) in [6, 6.07) is 8.29. The number of carbonyl (C=O) groups is 1. The Hall–Kier alpha value is -1.67. The van der Waals surface area contributed by atoms with Crippen molar-refractivity contribution in [2.45, 2.75) is 39.2 Å². The van der Waals surface area contributed by atoms with Crippen molar-refractivity contribution in [2.24, 2.45) is 0 Å². The molecule has 0 aromatic rings. The van der Waals surface area contributed by atoms with Gasteiger partial charge in [-0.05, 0) is 46.7 Å². The maximum absolute atomic E-state index is 12.1. The zero-order valence-corrected chi connectivity index (χ0v) is 11.5. The molecule has 0 amide bonds. The molecular weight excluding hydrogens is 236 g/mol. The summed E-state index contributed by atoms with van der Waals surface area (Å²) in [5.74, 6) is 0.311. The van der Waals surface area contributed by atoms with Crippen LogP contribution in [-0.4, -0.2) is 17.0 Å². The van der Waals surface area contributed by atoms with Crippen LogP contribution in [0.2, 0.25) is 0 Å². The van der Waals surface area contributed by atoms with E-state index in [0.717, 1.165) is 22.3 Å². The topological polar surface area (TPSA) is 37.3 Å². The summed E-state index contributed by atoms with van der Waals surface area (Å²) in [6.07, 6.45) is -0.458. The lowest BCUT2D eigenvalue weighted by molar-refractivity contribution is 0.0741. The SMILES string of the molecule is Cc1cc2c3c(ccc(C(C)C)cc1-3)CC(O)C2=O. The minimum absolute atomic E-state index is 0.136. The number of aliphatic hydroxyl groups excluding tert-OH is 1. The van der Waals surface area contributed by atoms with E-state index in [0.29, 0.717) is 17.9 Å². The molecule has 0 aromatic heterocycles. The molecule has 2 nitrogen and oxygen atoms in total. The first kappa shape index (κ1) is 12.4. The molecule has 0 saturated carbocycles. The normalized spacial score (nSPS) is 18.4. The molecule has 0 bridgehead atoms. The first-order chi connectivity index (χ1) is 8.99. The molecular formula is C17H18O2. The van der Waals surface area contributed by atoms with Gasteiger partial charge in [0.05, 0.1) is 0 Å². The largest absolute Gasteiger partial charge is 0.385 e. The Morgan fingerprint density at radius 2 is 1.95 bits per heavy atom. The predicted octanol–water partition coefficient (Wildman–Crippen LogP) is 3.32. The Balaban J connectivity index is 2.33. The van der Waals surface area contributed by atoms with E-state index in [9.17, 15) is 9.90 Å². The van der Waals surface area contributed by atoms with Crippen molar-refractivity contribution in [3.8, 4) is 11.1 Å². The minimum Gasteiger partial charge on any atom is -0.385 e. The van der Waals surface area contributed by atoms with Crippen LogP contribution in [-0.2, 0) is 6.42 Å². The standard InChI is InChI=1S/C17H18O2/c1-9(2)11-4-5-12-8-15(18)17(19)14-6-10(3)13(7-11)16(12)14/h4-7,9,15,18H,8H2,1-3H3. The summed E-state index contributed by atoms with van der Waals surface area (Å²) in [7, 11) is 0. The Bertz CT molecular complexity index is 640. The molecule has 0 aliphatic heterocycles. The van der Waals surface area contributed by atoms with Crippen LogP contribution in [0.3, 0.4) is 0 Å². The van der Waals surface area contributed by atoms with Gasteiger partial charge in [-0.15, -0.1) is 0 Å². The van der Waals surface area contributed by atoms with E-state index in [2.05, 4.69) is 32.0 Å². The number of hydrogen-bond donors (Lipinski definition) is 1. The first-order valence-corrected chi connectivity index (χ1v) is 6.77. The summed E-state index contributed by atoms with van der Waals surface area (Å²) >= 11 is 0. The van der Waals surface area contributed by atoms with Crippen molar-refractivity contribution in [3.63, 3.8) is 0 Å². The van der Waals surface area contributed by atoms with Crippen molar-refractivity contribution in [1.29, 1.82) is 0 Å². The molecule has 0 saturated heterocycles. The predicted molar refractivity (Wildman–Crippen MR) is 75.9 cm³/mol. The van der Waals surface area contributed by atoms with E-state index < -0.39 is 6.10 Å². The highest BCUT2D eigenvalue weighted by atomic mass is 16.3. The summed E-state index contributed by atoms with van der Waals surface area (Å²) in [6.45, 7) is 6.37. The molecule has 3 aliphatic carbocycles. The van der Waals surface area contributed by atoms with E-state index in [1.54, 1.807) is 0 Å². The second kappa shape index (κ2) is 4.17. The molecule has 98 valence electrons. The van der Waals surface area contributed by atoms with Gasteiger partial charge in [0.2, 0.25) is 0 Å². The van der Waals surface area contributed by atoms with E-state index in [1.165, 1.54) is 5.56 Å². The average Bonchev–Trinajstić information content (AvgIpc) is 2.56. The Kier molecular flexibility index (Phi) is 2.72. The minimum atomic E-state index is -0.887. The van der Waals surface area contributed by atoms with Gasteiger partial charge in [0.1, 0.15) is 6.10 Å². The van der Waals surface area contributed by atoms with Gasteiger partial charge in [0.25, 0.3) is 0 Å². The van der Waals surface area contributed by atoms with Gasteiger partial charge in [0.15, 0.2) is 5.78 Å². The van der Waals surface area contributed by atoms with Crippen LogP contribution in [0.25, 0.3) is 11.1 Å². The van der Waals surface area contributed by atoms with Crippen LogP contribution in [0.5, 0.6) is 0 Å². The van der Waals surface area contributed by atoms with E-state index in [4.69, 9.17) is 0 Å². The molecule has 2 heteroatoms. The molecule has 0 spiro atoms. The number of hydrogen-bond acceptors (Lipinski definition) is 2. The number of aliphatic hydroxyl groups is 1. The average molecular weight is 254 g/mol. The number of ketones is 1. The van der Waals surface area contributed by atoms with Gasteiger partial charge in [-0.2, -0.15) is 0 Å². The van der Waals surface area contributed by atoms with Crippen LogP contribution in [0, 0.1) is 6.92 Å². The summed E-state index contributed by atoms with van der Waals surface area (Å²) in [5.41, 5.74) is 6.34. The zero-order chi connectivity index (χ0) is 13.7. The van der Waals surface area contributed by atoms with E-state index >= 15 is 0 Å². The van der Waals surface area contributed by atoms with Gasteiger partial charge in [-0.25, -0.2) is 0 Å². The lowest BCUT2D eigenvalue weighted by Gasteiger charge is -2.18. The van der Waals surface area contributed by atoms with Crippen LogP contribution < -0.4 is 0 Å². The number of Topliss-reactive ketones (excluding diaryl/α,β-unsaturated/α-hetero) is 1. The summed E-state index contributed by atoms with van der Waals surface area (Å²) in [4.78, 5) is 12.1. The zero-order valence-electron chi connectivity index (χ0n) is 11.5. The number of carbonyl (C=O) groups excluding carboxylic acids is 1. The molecule has 0 radical (unpaired) electrons. The van der Waals surface area contributed by atoms with Crippen molar-refractivity contribution < 1.29 is 9.90 Å². The van der Waals surface area contributed by atoms with Crippen LogP contribution >= 0.6 is 0 Å². The maximum atomic E-state index is 12.1. The van der Waals surface area contributed by atoms with Crippen molar-refractivity contribution in [1.82, 2.24) is 0 Å². The van der Waals surface area contributed by atoms with Crippen molar-refractivity contribution >= 4 is 5.78 Å². The second-order valence-corrected chi connectivity index (χ2v) is 5.77. The number of aryl methyl sites for hydroxylation is 1. The van der Waals surface area contributed by atoms with Gasteiger partial charge in [-0.1, -0.05) is 32.0 Å². The Morgan fingerprint density at radius 1 is 1.21 bits per heavy atom. The molecule has 1 atom stereocenters. The molecule has 3 aliphatic rings. The van der Waals surface area contributed by atoms with E-state index in [1.807, 2.05) is 13.0 Å². The highest BCUT2D eigenvalue weighted by Crippen LogP contribution is 2.40. The first-order valence-electron chi connectivity index (χ1n) is 6.77. The lowest BCUT2D eigenvalue weighted by Crippen LogP contribution is -2.26. The van der Waals surface area contributed by atoms with Gasteiger partial charge >= 0.3 is 0 Å². The van der Waals surface area contributed by atoms with Crippen LogP contribution in [0.15, 0.2) is 24.3 Å². The maximum Gasteiger partial charge on any atom is 0.192 e. The van der Waals surface area contributed by atoms with Gasteiger partial charge in [0, 0.05) is 12.0 Å². The molecule has 19 heavy (non-hydrogen) atoms. The lowest BCUT2D eigenvalue weighted by atomic mass is 9.88. The summed E-state index contributed by atoms with van der Waals surface area (Å²) < 4.78 is 0. The molecule has 3 rings (SSSR count). The third-order valence-electron chi connectivity index (χ3n) is 4.08. The highest BCUT2D eigenvalue weighted by Gasteiger charge is 2.31. The van der Waals surface area contributed by atoms with Crippen molar-refractivity contribution in [2.75, 3.05) is 0 Å². The Labute approximate surface area is 113 Å². The Morgan fingerprint density at radius 3 is 2.63 bits per heavy atom. The fourth-order valence-electron chi connectivity index (χ4n) is 2.94. The molecule has 0 fully saturated rings. The molecule has 1 unspecified atom stereocenters. The third-order valence-corrected chi connectivity index (χ3v) is 4.08.